The first-order valence-electron chi connectivity index (χ1n) is 8.28. The third-order valence-electron chi connectivity index (χ3n) is 5.74. The molecular weight excluding hydrogens is 312 g/mol. The maximum absolute atomic E-state index is 12.6. The van der Waals surface area contributed by atoms with Crippen molar-refractivity contribution < 1.29 is 9.21 Å². The van der Waals surface area contributed by atoms with E-state index in [1.165, 1.54) is 19.4 Å². The van der Waals surface area contributed by atoms with Gasteiger partial charge in [0.15, 0.2) is 5.76 Å². The van der Waals surface area contributed by atoms with Crippen molar-refractivity contribution in [2.24, 2.45) is 17.8 Å². The zero-order valence-electron chi connectivity index (χ0n) is 12.9. The standard InChI is InChI=1S/C18H20N2O2.ClH/c21-18(16-7-12-3-1-2-4-15(12)22-16)19-17-13-5-11-6-14(17)10-20(8-11)9-13;/h1-4,7,11,13-14,17H,5-6,8-10H2,(H,19,21);1H/t11?,13-,14-,17?;/m1./s1. The van der Waals surface area contributed by atoms with Crippen LogP contribution < -0.4 is 5.32 Å². The van der Waals surface area contributed by atoms with Crippen LogP contribution in [0.2, 0.25) is 0 Å². The van der Waals surface area contributed by atoms with Crippen LogP contribution >= 0.6 is 12.4 Å². The summed E-state index contributed by atoms with van der Waals surface area (Å²) >= 11 is 0. The van der Waals surface area contributed by atoms with Crippen LogP contribution in [0.15, 0.2) is 34.7 Å². The average molecular weight is 333 g/mol. The van der Waals surface area contributed by atoms with Gasteiger partial charge in [-0.1, -0.05) is 18.2 Å². The monoisotopic (exact) mass is 332 g/mol. The van der Waals surface area contributed by atoms with E-state index in [2.05, 4.69) is 10.2 Å². The Morgan fingerprint density at radius 2 is 1.87 bits per heavy atom. The van der Waals surface area contributed by atoms with Gasteiger partial charge in [-0.05, 0) is 42.7 Å². The van der Waals surface area contributed by atoms with Crippen molar-refractivity contribution in [3.05, 3.63) is 36.1 Å². The summed E-state index contributed by atoms with van der Waals surface area (Å²) in [5.74, 6) is 2.50. The van der Waals surface area contributed by atoms with Crippen molar-refractivity contribution in [2.75, 3.05) is 19.6 Å². The van der Waals surface area contributed by atoms with E-state index < -0.39 is 0 Å². The highest BCUT2D eigenvalue weighted by molar-refractivity contribution is 5.96. The number of piperidine rings is 3. The van der Waals surface area contributed by atoms with Gasteiger partial charge in [0, 0.05) is 31.1 Å². The zero-order valence-corrected chi connectivity index (χ0v) is 13.7. The van der Waals surface area contributed by atoms with Crippen molar-refractivity contribution in [3.63, 3.8) is 0 Å². The number of hydrogen-bond acceptors (Lipinski definition) is 3. The van der Waals surface area contributed by atoms with Crippen LogP contribution in [0, 0.1) is 17.8 Å². The molecule has 1 aromatic heterocycles. The van der Waals surface area contributed by atoms with E-state index >= 15 is 0 Å². The highest BCUT2D eigenvalue weighted by Gasteiger charge is 2.48. The molecule has 1 aliphatic carbocycles. The van der Waals surface area contributed by atoms with E-state index in [9.17, 15) is 4.79 Å². The van der Waals surface area contributed by atoms with Crippen LogP contribution in [-0.2, 0) is 0 Å². The number of rotatable bonds is 2. The number of nitrogens with zero attached hydrogens (tertiary/aromatic N) is 1. The molecule has 4 aliphatic rings. The van der Waals surface area contributed by atoms with Gasteiger partial charge < -0.3 is 14.6 Å². The summed E-state index contributed by atoms with van der Waals surface area (Å²) in [5, 5.41) is 4.27. The Morgan fingerprint density at radius 3 is 2.57 bits per heavy atom. The van der Waals surface area contributed by atoms with E-state index in [1.54, 1.807) is 0 Å². The van der Waals surface area contributed by atoms with E-state index in [-0.39, 0.29) is 18.3 Å². The normalized spacial score (nSPS) is 34.3. The minimum Gasteiger partial charge on any atom is -0.451 e. The summed E-state index contributed by atoms with van der Waals surface area (Å²) in [6.07, 6.45) is 2.55. The second-order valence-corrected chi connectivity index (χ2v) is 7.22. The number of amides is 1. The van der Waals surface area contributed by atoms with Crippen LogP contribution in [0.1, 0.15) is 23.4 Å². The molecule has 3 aliphatic heterocycles. The van der Waals surface area contributed by atoms with Gasteiger partial charge >= 0.3 is 0 Å². The van der Waals surface area contributed by atoms with Crippen molar-refractivity contribution in [2.45, 2.75) is 18.9 Å². The summed E-state index contributed by atoms with van der Waals surface area (Å²) in [5.41, 5.74) is 0.781. The van der Waals surface area contributed by atoms with Gasteiger partial charge in [-0.15, -0.1) is 12.4 Å². The van der Waals surface area contributed by atoms with Crippen molar-refractivity contribution >= 4 is 29.3 Å². The lowest BCUT2D eigenvalue weighted by atomic mass is 9.65. The number of nitrogens with one attached hydrogen (secondary N) is 1. The quantitative estimate of drug-likeness (QED) is 0.919. The highest BCUT2D eigenvalue weighted by atomic mass is 35.5. The SMILES string of the molecule is Cl.O=C(NC1[C@@H]2CC3C[C@@H]1CN(C3)C2)c1cc2ccccc2o1. The molecule has 1 amide bonds. The molecule has 2 aromatic rings. The molecule has 5 heteroatoms. The number of carbonyl (C=O) groups is 1. The third kappa shape index (κ3) is 2.45. The Kier molecular flexibility index (Phi) is 3.62. The smallest absolute Gasteiger partial charge is 0.287 e. The molecule has 0 unspecified atom stereocenters. The molecule has 1 saturated carbocycles. The van der Waals surface area contributed by atoms with E-state index in [1.807, 2.05) is 30.3 Å². The summed E-state index contributed by atoms with van der Waals surface area (Å²) in [4.78, 5) is 15.2. The van der Waals surface area contributed by atoms with Crippen LogP contribution in [0.4, 0.5) is 0 Å². The van der Waals surface area contributed by atoms with Crippen LogP contribution in [-0.4, -0.2) is 36.5 Å². The summed E-state index contributed by atoms with van der Waals surface area (Å²) in [7, 11) is 0. The average Bonchev–Trinajstić information content (AvgIpc) is 2.94. The van der Waals surface area contributed by atoms with E-state index in [0.717, 1.165) is 30.0 Å². The minimum atomic E-state index is -0.0522. The largest absolute Gasteiger partial charge is 0.451 e. The van der Waals surface area contributed by atoms with Crippen molar-refractivity contribution in [1.82, 2.24) is 10.2 Å². The van der Waals surface area contributed by atoms with E-state index in [4.69, 9.17) is 4.42 Å². The lowest BCUT2D eigenvalue weighted by molar-refractivity contribution is -0.0420. The number of hydrogen-bond donors (Lipinski definition) is 1. The number of furan rings is 1. The zero-order chi connectivity index (χ0) is 14.7. The molecule has 1 aromatic carbocycles. The lowest BCUT2D eigenvalue weighted by Crippen LogP contribution is -2.64. The van der Waals surface area contributed by atoms with Crippen LogP contribution in [0.5, 0.6) is 0 Å². The maximum Gasteiger partial charge on any atom is 0.287 e. The first kappa shape index (κ1) is 15.0. The number of benzene rings is 1. The Balaban J connectivity index is 0.00000135. The Labute approximate surface area is 141 Å². The molecule has 23 heavy (non-hydrogen) atoms. The molecule has 122 valence electrons. The van der Waals surface area contributed by atoms with Gasteiger partial charge in [0.25, 0.3) is 5.91 Å². The van der Waals surface area contributed by atoms with Crippen molar-refractivity contribution in [1.29, 1.82) is 0 Å². The van der Waals surface area contributed by atoms with Gasteiger partial charge in [0.1, 0.15) is 5.58 Å². The number of carbonyl (C=O) groups excluding carboxylic acids is 1. The number of para-hydroxylation sites is 1. The molecule has 1 N–H and O–H groups in total. The Hall–Kier alpha value is -1.52. The highest BCUT2D eigenvalue weighted by Crippen LogP contribution is 2.43. The summed E-state index contributed by atoms with van der Waals surface area (Å²) < 4.78 is 5.70. The fourth-order valence-electron chi connectivity index (χ4n) is 4.96. The molecule has 0 spiro atoms. The fraction of sp³-hybridized carbons (Fsp3) is 0.500. The third-order valence-corrected chi connectivity index (χ3v) is 5.74. The number of halogens is 1. The van der Waals surface area contributed by atoms with Crippen LogP contribution in [0.3, 0.4) is 0 Å². The molecule has 2 atom stereocenters. The molecule has 0 radical (unpaired) electrons. The second kappa shape index (κ2) is 5.53. The summed E-state index contributed by atoms with van der Waals surface area (Å²) in [6, 6.07) is 9.96. The van der Waals surface area contributed by atoms with Crippen molar-refractivity contribution in [3.8, 4) is 0 Å². The van der Waals surface area contributed by atoms with Gasteiger partial charge in [-0.3, -0.25) is 4.79 Å². The minimum absolute atomic E-state index is 0. The maximum atomic E-state index is 12.6. The molecule has 4 heterocycles. The molecule has 3 saturated heterocycles. The number of fused-ring (bicyclic) bond motifs is 1. The van der Waals surface area contributed by atoms with Gasteiger partial charge in [0.2, 0.25) is 0 Å². The molecular formula is C18H21ClN2O2. The lowest BCUT2D eigenvalue weighted by Gasteiger charge is -2.55. The fourth-order valence-corrected chi connectivity index (χ4v) is 4.96. The topological polar surface area (TPSA) is 45.5 Å². The second-order valence-electron chi connectivity index (χ2n) is 7.22. The molecule has 4 fully saturated rings. The molecule has 4 nitrogen and oxygen atoms in total. The van der Waals surface area contributed by atoms with Crippen LogP contribution in [0.25, 0.3) is 11.0 Å². The first-order valence-corrected chi connectivity index (χ1v) is 8.28. The predicted octanol–water partition coefficient (Wildman–Crippen LogP) is 2.92. The van der Waals surface area contributed by atoms with E-state index in [0.29, 0.717) is 23.6 Å². The molecule has 4 bridgehead atoms. The predicted molar refractivity (Wildman–Crippen MR) is 90.9 cm³/mol. The molecule has 6 rings (SSSR count). The first-order chi connectivity index (χ1) is 10.8. The van der Waals surface area contributed by atoms with Gasteiger partial charge in [-0.25, -0.2) is 0 Å². The van der Waals surface area contributed by atoms with Gasteiger partial charge in [-0.2, -0.15) is 0 Å². The summed E-state index contributed by atoms with van der Waals surface area (Å²) in [6.45, 7) is 3.58. The Morgan fingerprint density at radius 1 is 1.13 bits per heavy atom. The van der Waals surface area contributed by atoms with Gasteiger partial charge in [0.05, 0.1) is 0 Å². The Bertz CT molecular complexity index is 680.